The molecule has 0 radical (unpaired) electrons. The number of benzene rings is 1. The standard InChI is InChI=1S/C51H79N7O6S/c1-14-35(8)46(57(11)51(62)44(33(4)5)55-49(61)45(34(6)7)56(10)31-38-22-23-52-39(28-38)27-32(2)3)42(63-12)30-43(59)58-25-18-21-41(58)47(64-13)36(9)48(60)54-40(50-53-24-26-65-50)29-37-19-16-15-17-20-37/h15-17,19-20,22-24,26,28,32-36,40-42,44-47H,14,18,21,25,27,29-31H2,1-13H3,(H,54,60)(H,55,61)/t35-,36+,40-,41-,42+,44-,45-,46-,47+/m0/s1. The van der Waals surface area contributed by atoms with Crippen LogP contribution in [0.15, 0.2) is 60.2 Å². The molecule has 360 valence electrons. The van der Waals surface area contributed by atoms with E-state index < -0.39 is 36.3 Å². The van der Waals surface area contributed by atoms with E-state index in [2.05, 4.69) is 54.4 Å². The van der Waals surface area contributed by atoms with E-state index in [1.54, 1.807) is 32.4 Å². The molecule has 1 aliphatic heterocycles. The quantitative estimate of drug-likeness (QED) is 0.0891. The second kappa shape index (κ2) is 25.6. The minimum Gasteiger partial charge on any atom is -0.379 e. The summed E-state index contributed by atoms with van der Waals surface area (Å²) in [5.41, 5.74) is 3.20. The second-order valence-corrected chi connectivity index (χ2v) is 20.2. The molecule has 1 saturated heterocycles. The summed E-state index contributed by atoms with van der Waals surface area (Å²) in [6, 6.07) is 11.7. The highest BCUT2D eigenvalue weighted by atomic mass is 32.1. The number of pyridine rings is 1. The number of hydrogen-bond donors (Lipinski definition) is 2. The Labute approximate surface area is 393 Å². The molecule has 65 heavy (non-hydrogen) atoms. The number of likely N-dealkylation sites (tertiary alicyclic amines) is 1. The first-order valence-corrected chi connectivity index (χ1v) is 24.6. The maximum Gasteiger partial charge on any atom is 0.245 e. The zero-order valence-corrected chi connectivity index (χ0v) is 42.3. The monoisotopic (exact) mass is 918 g/mol. The minimum atomic E-state index is -0.804. The molecule has 9 atom stereocenters. The van der Waals surface area contributed by atoms with Gasteiger partial charge in [-0.2, -0.15) is 0 Å². The van der Waals surface area contributed by atoms with Gasteiger partial charge in [0.05, 0.1) is 48.7 Å². The van der Waals surface area contributed by atoms with Crippen molar-refractivity contribution in [1.82, 2.24) is 35.3 Å². The van der Waals surface area contributed by atoms with Crippen LogP contribution in [0.5, 0.6) is 0 Å². The Bertz CT molecular complexity index is 1930. The van der Waals surface area contributed by atoms with E-state index in [1.807, 2.05) is 99.4 Å². The summed E-state index contributed by atoms with van der Waals surface area (Å²) in [6.45, 7) is 19.4. The first kappa shape index (κ1) is 53.4. The normalized spacial score (nSPS) is 18.0. The van der Waals surface area contributed by atoms with Crippen LogP contribution in [0.4, 0.5) is 0 Å². The van der Waals surface area contributed by atoms with Crippen molar-refractivity contribution in [3.05, 3.63) is 82.1 Å². The number of nitrogens with zero attached hydrogens (tertiary/aromatic N) is 5. The van der Waals surface area contributed by atoms with Crippen molar-refractivity contribution in [2.45, 2.75) is 150 Å². The van der Waals surface area contributed by atoms with Crippen LogP contribution in [0.25, 0.3) is 0 Å². The van der Waals surface area contributed by atoms with Crippen LogP contribution in [-0.2, 0) is 48.0 Å². The van der Waals surface area contributed by atoms with Gasteiger partial charge in [0.1, 0.15) is 11.0 Å². The molecule has 4 amide bonds. The number of ether oxygens (including phenoxy) is 2. The van der Waals surface area contributed by atoms with Crippen LogP contribution in [0, 0.1) is 29.6 Å². The Morgan fingerprint density at radius 3 is 2.15 bits per heavy atom. The van der Waals surface area contributed by atoms with Gasteiger partial charge in [-0.05, 0) is 79.7 Å². The summed E-state index contributed by atoms with van der Waals surface area (Å²) < 4.78 is 12.2. The van der Waals surface area contributed by atoms with Crippen molar-refractivity contribution in [2.24, 2.45) is 29.6 Å². The lowest BCUT2D eigenvalue weighted by Crippen LogP contribution is -2.60. The third-order valence-corrected chi connectivity index (χ3v) is 14.0. The zero-order valence-electron chi connectivity index (χ0n) is 41.5. The lowest BCUT2D eigenvalue weighted by Gasteiger charge is -2.41. The van der Waals surface area contributed by atoms with E-state index in [0.717, 1.165) is 41.1 Å². The maximum absolute atomic E-state index is 14.7. The van der Waals surface area contributed by atoms with Gasteiger partial charge in [-0.25, -0.2) is 4.98 Å². The van der Waals surface area contributed by atoms with Crippen molar-refractivity contribution < 1.29 is 28.7 Å². The predicted octanol–water partition coefficient (Wildman–Crippen LogP) is 7.35. The molecule has 0 bridgehead atoms. The highest BCUT2D eigenvalue weighted by molar-refractivity contribution is 7.09. The van der Waals surface area contributed by atoms with Gasteiger partial charge in [0.15, 0.2) is 0 Å². The fraction of sp³-hybridized carbons (Fsp3) is 0.647. The van der Waals surface area contributed by atoms with Crippen molar-refractivity contribution in [1.29, 1.82) is 0 Å². The lowest BCUT2D eigenvalue weighted by atomic mass is 9.89. The van der Waals surface area contributed by atoms with Crippen molar-refractivity contribution >= 4 is 35.0 Å². The molecule has 1 aliphatic rings. The van der Waals surface area contributed by atoms with Crippen LogP contribution in [0.1, 0.15) is 116 Å². The van der Waals surface area contributed by atoms with Gasteiger partial charge in [-0.3, -0.25) is 29.1 Å². The van der Waals surface area contributed by atoms with Crippen LogP contribution in [0.2, 0.25) is 0 Å². The van der Waals surface area contributed by atoms with Crippen LogP contribution in [-0.4, -0.2) is 120 Å². The van der Waals surface area contributed by atoms with E-state index in [1.165, 1.54) is 11.3 Å². The molecular formula is C51H79N7O6S. The number of thiazole rings is 1. The van der Waals surface area contributed by atoms with Crippen LogP contribution < -0.4 is 10.6 Å². The number of hydrogen-bond acceptors (Lipinski definition) is 10. The Balaban J connectivity index is 1.48. The molecule has 1 aromatic carbocycles. The highest BCUT2D eigenvalue weighted by Gasteiger charge is 2.43. The molecule has 0 saturated carbocycles. The summed E-state index contributed by atoms with van der Waals surface area (Å²) in [7, 11) is 6.90. The van der Waals surface area contributed by atoms with Gasteiger partial charge in [0, 0.05) is 57.8 Å². The highest BCUT2D eigenvalue weighted by Crippen LogP contribution is 2.31. The zero-order chi connectivity index (χ0) is 48.0. The Morgan fingerprint density at radius 2 is 1.57 bits per heavy atom. The third-order valence-electron chi connectivity index (χ3n) is 13.1. The van der Waals surface area contributed by atoms with Gasteiger partial charge in [-0.15, -0.1) is 11.3 Å². The smallest absolute Gasteiger partial charge is 0.245 e. The number of carbonyl (C=O) groups excluding carboxylic acids is 4. The molecule has 0 spiro atoms. The molecule has 14 heteroatoms. The first-order chi connectivity index (χ1) is 30.9. The fourth-order valence-electron chi connectivity index (χ4n) is 9.59. The van der Waals surface area contributed by atoms with E-state index in [0.29, 0.717) is 31.8 Å². The number of methoxy groups -OCH3 is 2. The van der Waals surface area contributed by atoms with Gasteiger partial charge in [0.2, 0.25) is 23.6 Å². The van der Waals surface area contributed by atoms with Crippen LogP contribution in [0.3, 0.4) is 0 Å². The fourth-order valence-corrected chi connectivity index (χ4v) is 10.3. The number of rotatable bonds is 25. The molecular weight excluding hydrogens is 839 g/mol. The molecule has 13 nitrogen and oxygen atoms in total. The summed E-state index contributed by atoms with van der Waals surface area (Å²) in [4.78, 5) is 72.1. The number of carbonyl (C=O) groups is 4. The predicted molar refractivity (Wildman–Crippen MR) is 259 cm³/mol. The third kappa shape index (κ3) is 14.6. The Hall–Kier alpha value is -4.24. The van der Waals surface area contributed by atoms with Crippen molar-refractivity contribution in [2.75, 3.05) is 34.9 Å². The Morgan fingerprint density at radius 1 is 0.862 bits per heavy atom. The molecule has 2 N–H and O–H groups in total. The van der Waals surface area contributed by atoms with Crippen LogP contribution >= 0.6 is 11.3 Å². The second-order valence-electron chi connectivity index (χ2n) is 19.3. The largest absolute Gasteiger partial charge is 0.379 e. The van der Waals surface area contributed by atoms with Gasteiger partial charge < -0.3 is 29.9 Å². The first-order valence-electron chi connectivity index (χ1n) is 23.7. The van der Waals surface area contributed by atoms with Crippen molar-refractivity contribution in [3.8, 4) is 0 Å². The minimum absolute atomic E-state index is 0.0288. The van der Waals surface area contributed by atoms with Gasteiger partial charge in [0.25, 0.3) is 0 Å². The number of nitrogens with one attached hydrogen (secondary N) is 2. The molecule has 2 aromatic heterocycles. The SMILES string of the molecule is CC[C@H](C)[C@@H]([C@@H](CC(=O)N1CCC[C@H]1[C@H](OC)[C@@H](C)C(=O)N[C@@H](Cc1ccccc1)c1nccs1)OC)N(C)C(=O)[C@@H](NC(=O)[C@H](C(C)C)N(C)Cc1ccnc(CC(C)C)c1)C(C)C. The van der Waals surface area contributed by atoms with Gasteiger partial charge in [-0.1, -0.05) is 99.1 Å². The van der Waals surface area contributed by atoms with Gasteiger partial charge >= 0.3 is 0 Å². The summed E-state index contributed by atoms with van der Waals surface area (Å²) in [5.74, 6) is -1.08. The number of amides is 4. The summed E-state index contributed by atoms with van der Waals surface area (Å²) >= 11 is 1.51. The summed E-state index contributed by atoms with van der Waals surface area (Å²) in [5, 5.41) is 9.15. The number of likely N-dealkylation sites (N-methyl/N-ethyl adjacent to an activating group) is 2. The van der Waals surface area contributed by atoms with E-state index in [9.17, 15) is 19.2 Å². The van der Waals surface area contributed by atoms with E-state index in [-0.39, 0.29) is 59.9 Å². The van der Waals surface area contributed by atoms with Crippen molar-refractivity contribution in [3.63, 3.8) is 0 Å². The molecule has 0 unspecified atom stereocenters. The average molecular weight is 918 g/mol. The average Bonchev–Trinajstić information content (AvgIpc) is 3.99. The number of aromatic nitrogens is 2. The maximum atomic E-state index is 14.7. The molecule has 3 heterocycles. The molecule has 1 fully saturated rings. The molecule has 0 aliphatic carbocycles. The molecule has 3 aromatic rings. The topological polar surface area (TPSA) is 146 Å². The molecule has 4 rings (SSSR count). The summed E-state index contributed by atoms with van der Waals surface area (Å²) in [6.07, 6.45) is 6.10. The Kier molecular flexibility index (Phi) is 21.0. The van der Waals surface area contributed by atoms with E-state index in [4.69, 9.17) is 9.47 Å². The lowest BCUT2D eigenvalue weighted by molar-refractivity contribution is -0.148. The van der Waals surface area contributed by atoms with E-state index >= 15 is 0 Å².